The molecule has 1 aromatic heterocycles. The lowest BCUT2D eigenvalue weighted by Gasteiger charge is -2.42. The average Bonchev–Trinajstić information content (AvgIpc) is 3.22. The van der Waals surface area contributed by atoms with Gasteiger partial charge in [0.15, 0.2) is 0 Å². The third-order valence-electron chi connectivity index (χ3n) is 7.03. The Morgan fingerprint density at radius 1 is 1.09 bits per heavy atom. The molecule has 5 rings (SSSR count). The highest BCUT2D eigenvalue weighted by atomic mass is 19.1. The molecule has 2 atom stereocenters. The van der Waals surface area contributed by atoms with Gasteiger partial charge in [0.2, 0.25) is 0 Å². The van der Waals surface area contributed by atoms with Crippen LogP contribution in [0.1, 0.15) is 61.4 Å². The Balaban J connectivity index is 1.47. The van der Waals surface area contributed by atoms with E-state index in [4.69, 9.17) is 4.74 Å². The van der Waals surface area contributed by atoms with Gasteiger partial charge in [0.05, 0.1) is 30.9 Å². The van der Waals surface area contributed by atoms with Gasteiger partial charge in [0.1, 0.15) is 11.6 Å². The van der Waals surface area contributed by atoms with Crippen molar-refractivity contribution in [1.82, 2.24) is 14.5 Å². The maximum atomic E-state index is 13.8. The summed E-state index contributed by atoms with van der Waals surface area (Å²) in [6.07, 6.45) is 11.5. The van der Waals surface area contributed by atoms with Crippen LogP contribution in [0.15, 0.2) is 60.6 Å². The van der Waals surface area contributed by atoms with E-state index in [1.165, 1.54) is 12.1 Å². The fourth-order valence-electron chi connectivity index (χ4n) is 5.37. The highest BCUT2D eigenvalue weighted by Gasteiger charge is 2.37. The molecule has 2 saturated heterocycles. The maximum Gasteiger partial charge on any atom is 0.250 e. The molecule has 3 aromatic rings. The van der Waals surface area contributed by atoms with Crippen molar-refractivity contribution in [3.05, 3.63) is 83.2 Å². The first-order valence-corrected chi connectivity index (χ1v) is 12.0. The first kappa shape index (κ1) is 22.4. The SMILES string of the molecule is COc1cc(/C=C2\CCC[C@H]3CCC[C@@H](c4ccc(F)cc4)N3C2=O)ccc1-n1cnc(C)c1. The summed E-state index contributed by atoms with van der Waals surface area (Å²) in [7, 11) is 1.65. The van der Waals surface area contributed by atoms with Gasteiger partial charge in [-0.1, -0.05) is 18.2 Å². The van der Waals surface area contributed by atoms with Gasteiger partial charge in [0.25, 0.3) is 5.91 Å². The molecule has 34 heavy (non-hydrogen) atoms. The minimum Gasteiger partial charge on any atom is -0.495 e. The number of carbonyl (C=O) groups is 1. The zero-order valence-corrected chi connectivity index (χ0v) is 19.7. The number of nitrogens with zero attached hydrogens (tertiary/aromatic N) is 3. The van der Waals surface area contributed by atoms with Gasteiger partial charge in [-0.15, -0.1) is 0 Å². The predicted octanol–water partition coefficient (Wildman–Crippen LogP) is 6.02. The second-order valence-corrected chi connectivity index (χ2v) is 9.28. The van der Waals surface area contributed by atoms with Gasteiger partial charge >= 0.3 is 0 Å². The molecule has 2 aliphatic rings. The quantitative estimate of drug-likeness (QED) is 0.449. The molecule has 0 radical (unpaired) electrons. The summed E-state index contributed by atoms with van der Waals surface area (Å²) in [5.74, 6) is 0.583. The third-order valence-corrected chi connectivity index (χ3v) is 7.03. The summed E-state index contributed by atoms with van der Waals surface area (Å²) in [6, 6.07) is 12.9. The Morgan fingerprint density at radius 3 is 2.62 bits per heavy atom. The molecular formula is C28H30FN3O2. The largest absolute Gasteiger partial charge is 0.495 e. The minimum atomic E-state index is -0.248. The van der Waals surface area contributed by atoms with Gasteiger partial charge in [-0.25, -0.2) is 9.37 Å². The van der Waals surface area contributed by atoms with Gasteiger partial charge in [-0.2, -0.15) is 0 Å². The lowest BCUT2D eigenvalue weighted by atomic mass is 9.89. The molecular weight excluding hydrogens is 429 g/mol. The van der Waals surface area contributed by atoms with Crippen LogP contribution < -0.4 is 4.74 Å². The van der Waals surface area contributed by atoms with Gasteiger partial charge in [-0.3, -0.25) is 4.79 Å². The highest BCUT2D eigenvalue weighted by molar-refractivity contribution is 5.98. The van der Waals surface area contributed by atoms with E-state index in [0.29, 0.717) is 0 Å². The van der Waals surface area contributed by atoms with Crippen LogP contribution in [0.25, 0.3) is 11.8 Å². The average molecular weight is 460 g/mol. The normalized spacial score (nSPS) is 21.9. The summed E-state index contributed by atoms with van der Waals surface area (Å²) in [4.78, 5) is 20.2. The third kappa shape index (κ3) is 4.37. The Morgan fingerprint density at radius 2 is 1.88 bits per heavy atom. The zero-order chi connectivity index (χ0) is 23.7. The van der Waals surface area contributed by atoms with Crippen molar-refractivity contribution >= 4 is 12.0 Å². The number of amides is 1. The molecule has 0 unspecified atom stereocenters. The molecule has 3 heterocycles. The van der Waals surface area contributed by atoms with E-state index >= 15 is 0 Å². The van der Waals surface area contributed by atoms with Crippen molar-refractivity contribution < 1.29 is 13.9 Å². The fraction of sp³-hybridized carbons (Fsp3) is 0.357. The van der Waals surface area contributed by atoms with E-state index in [9.17, 15) is 9.18 Å². The van der Waals surface area contributed by atoms with Crippen LogP contribution in [-0.4, -0.2) is 33.5 Å². The van der Waals surface area contributed by atoms with Crippen LogP contribution >= 0.6 is 0 Å². The molecule has 2 fully saturated rings. The van der Waals surface area contributed by atoms with E-state index in [2.05, 4.69) is 9.88 Å². The number of carbonyl (C=O) groups excluding carboxylic acids is 1. The Hall–Kier alpha value is -3.41. The van der Waals surface area contributed by atoms with Crippen LogP contribution in [0.5, 0.6) is 5.75 Å². The van der Waals surface area contributed by atoms with Crippen LogP contribution in [0, 0.1) is 12.7 Å². The Labute approximate surface area is 199 Å². The molecule has 0 bridgehead atoms. The monoisotopic (exact) mass is 459 g/mol. The molecule has 0 N–H and O–H groups in total. The number of rotatable bonds is 4. The van der Waals surface area contributed by atoms with Crippen LogP contribution in [0.2, 0.25) is 0 Å². The fourth-order valence-corrected chi connectivity index (χ4v) is 5.37. The number of fused-ring (bicyclic) bond motifs is 1. The summed E-state index contributed by atoms with van der Waals surface area (Å²) >= 11 is 0. The molecule has 1 amide bonds. The van der Waals surface area contributed by atoms with Crippen molar-refractivity contribution in [3.8, 4) is 11.4 Å². The number of hydrogen-bond acceptors (Lipinski definition) is 3. The number of halogens is 1. The van der Waals surface area contributed by atoms with Crippen molar-refractivity contribution in [3.63, 3.8) is 0 Å². The van der Waals surface area contributed by atoms with E-state index in [1.807, 2.05) is 54.1 Å². The molecule has 0 spiro atoms. The molecule has 2 aromatic carbocycles. The lowest BCUT2D eigenvalue weighted by Crippen LogP contribution is -2.45. The van der Waals surface area contributed by atoms with Crippen LogP contribution in [0.3, 0.4) is 0 Å². The molecule has 0 saturated carbocycles. The van der Waals surface area contributed by atoms with Gasteiger partial charge in [-0.05, 0) is 86.9 Å². The maximum absolute atomic E-state index is 13.8. The molecule has 0 aliphatic carbocycles. The molecule has 6 heteroatoms. The highest BCUT2D eigenvalue weighted by Crippen LogP contribution is 2.40. The van der Waals surface area contributed by atoms with E-state index in [1.54, 1.807) is 13.4 Å². The summed E-state index contributed by atoms with van der Waals surface area (Å²) in [5, 5.41) is 0. The van der Waals surface area contributed by atoms with Crippen LogP contribution in [-0.2, 0) is 4.79 Å². The van der Waals surface area contributed by atoms with Crippen molar-refractivity contribution in [2.75, 3.05) is 7.11 Å². The van der Waals surface area contributed by atoms with Gasteiger partial charge in [0, 0.05) is 17.8 Å². The first-order chi connectivity index (χ1) is 16.5. The van der Waals surface area contributed by atoms with E-state index in [-0.39, 0.29) is 23.8 Å². The standard InChI is InChI=1S/C28H30FN3O2/c1-19-17-31(18-30-19)26-14-9-20(16-27(26)34-2)15-22-5-3-6-24-7-4-8-25(32(24)28(22)33)21-10-12-23(29)13-11-21/h9-18,24-25H,3-8H2,1-2H3/b22-15+/t24-,25-/m0/s1. The van der Waals surface area contributed by atoms with E-state index in [0.717, 1.165) is 72.4 Å². The smallest absolute Gasteiger partial charge is 0.250 e. The number of methoxy groups -OCH3 is 1. The van der Waals surface area contributed by atoms with Crippen molar-refractivity contribution in [2.45, 2.75) is 57.5 Å². The van der Waals surface area contributed by atoms with E-state index < -0.39 is 0 Å². The number of piperidine rings is 1. The van der Waals surface area contributed by atoms with Crippen molar-refractivity contribution in [2.24, 2.45) is 0 Å². The summed E-state index contributed by atoms with van der Waals surface area (Å²) < 4.78 is 21.1. The zero-order valence-electron chi connectivity index (χ0n) is 19.7. The number of aryl methyl sites for hydroxylation is 1. The number of benzene rings is 2. The summed E-state index contributed by atoms with van der Waals surface area (Å²) in [6.45, 7) is 1.95. The predicted molar refractivity (Wildman–Crippen MR) is 130 cm³/mol. The second-order valence-electron chi connectivity index (χ2n) is 9.28. The Bertz CT molecular complexity index is 1210. The number of imidazole rings is 1. The lowest BCUT2D eigenvalue weighted by molar-refractivity contribution is -0.133. The molecule has 5 nitrogen and oxygen atoms in total. The molecule has 176 valence electrons. The number of aromatic nitrogens is 2. The van der Waals surface area contributed by atoms with Gasteiger partial charge < -0.3 is 14.2 Å². The first-order valence-electron chi connectivity index (χ1n) is 12.0. The molecule has 2 aliphatic heterocycles. The second kappa shape index (κ2) is 9.45. The number of hydrogen-bond donors (Lipinski definition) is 0. The number of ether oxygens (including phenoxy) is 1. The van der Waals surface area contributed by atoms with Crippen LogP contribution in [0.4, 0.5) is 4.39 Å². The topological polar surface area (TPSA) is 47.4 Å². The summed E-state index contributed by atoms with van der Waals surface area (Å²) in [5.41, 5.74) is 4.62. The Kier molecular flexibility index (Phi) is 6.22. The van der Waals surface area contributed by atoms with Crippen molar-refractivity contribution in [1.29, 1.82) is 0 Å². The minimum absolute atomic E-state index is 0.00487.